The van der Waals surface area contributed by atoms with E-state index in [2.05, 4.69) is 66.1 Å². The summed E-state index contributed by atoms with van der Waals surface area (Å²) in [7, 11) is 3.40. The van der Waals surface area contributed by atoms with Crippen LogP contribution >= 0.6 is 0 Å². The quantitative estimate of drug-likeness (QED) is 0.288. The van der Waals surface area contributed by atoms with Gasteiger partial charge in [0, 0.05) is 24.8 Å². The first-order valence-corrected chi connectivity index (χ1v) is 14.8. The number of phenols is 1. The molecule has 1 heterocycles. The lowest BCUT2D eigenvalue weighted by Gasteiger charge is -2.36. The molecule has 0 amide bonds. The van der Waals surface area contributed by atoms with Crippen molar-refractivity contribution in [1.82, 2.24) is 4.90 Å². The Labute approximate surface area is 239 Å². The van der Waals surface area contributed by atoms with Crippen molar-refractivity contribution in [2.45, 2.75) is 57.9 Å². The molecule has 1 unspecified atom stereocenters. The molecular formula is C34H44N2O4. The number of ether oxygens (including phenoxy) is 3. The van der Waals surface area contributed by atoms with Crippen LogP contribution in [0.15, 0.2) is 54.6 Å². The Morgan fingerprint density at radius 1 is 0.950 bits per heavy atom. The van der Waals surface area contributed by atoms with Crippen LogP contribution in [-0.4, -0.2) is 57.0 Å². The van der Waals surface area contributed by atoms with E-state index in [0.29, 0.717) is 11.7 Å². The molecule has 1 aliphatic heterocycles. The molecule has 0 spiro atoms. The Bertz CT molecular complexity index is 1270. The van der Waals surface area contributed by atoms with Crippen molar-refractivity contribution in [2.24, 2.45) is 0 Å². The summed E-state index contributed by atoms with van der Waals surface area (Å²) < 4.78 is 17.6. The van der Waals surface area contributed by atoms with Gasteiger partial charge in [-0.15, -0.1) is 0 Å². The summed E-state index contributed by atoms with van der Waals surface area (Å²) in [4.78, 5) is 4.94. The molecule has 3 aromatic carbocycles. The molecule has 1 N–H and O–H groups in total. The maximum absolute atomic E-state index is 9.97. The van der Waals surface area contributed by atoms with Gasteiger partial charge in [0.25, 0.3) is 0 Å². The fraction of sp³-hybridized carbons (Fsp3) is 0.471. The number of rotatable bonds is 11. The molecule has 1 saturated heterocycles. The van der Waals surface area contributed by atoms with E-state index in [1.807, 2.05) is 6.07 Å². The second-order valence-electron chi connectivity index (χ2n) is 11.1. The Balaban J connectivity index is 1.38. The SMILES string of the molecule is CCN(c1cc(OC)c(OC)cc1[C@@H]1CCc2cc(O)ccc2C1)C(C)c1ccc(OCCN2CCCC2)cc1. The van der Waals surface area contributed by atoms with E-state index in [1.54, 1.807) is 20.3 Å². The Kier molecular flexibility index (Phi) is 9.05. The Hall–Kier alpha value is -3.38. The lowest BCUT2D eigenvalue weighted by Crippen LogP contribution is -2.28. The summed E-state index contributed by atoms with van der Waals surface area (Å²) in [6.07, 6.45) is 5.52. The normalized spacial score (nSPS) is 17.8. The van der Waals surface area contributed by atoms with Crippen LogP contribution in [0.5, 0.6) is 23.0 Å². The zero-order chi connectivity index (χ0) is 28.1. The number of methoxy groups -OCH3 is 2. The molecule has 2 aliphatic rings. The summed E-state index contributed by atoms with van der Waals surface area (Å²) >= 11 is 0. The van der Waals surface area contributed by atoms with Gasteiger partial charge in [-0.1, -0.05) is 18.2 Å². The minimum atomic E-state index is 0.160. The van der Waals surface area contributed by atoms with E-state index >= 15 is 0 Å². The van der Waals surface area contributed by atoms with E-state index in [1.165, 1.54) is 53.9 Å². The van der Waals surface area contributed by atoms with E-state index < -0.39 is 0 Å². The van der Waals surface area contributed by atoms with E-state index in [0.717, 1.165) is 56.2 Å². The molecule has 40 heavy (non-hydrogen) atoms. The maximum Gasteiger partial charge on any atom is 0.162 e. The van der Waals surface area contributed by atoms with Gasteiger partial charge >= 0.3 is 0 Å². The first kappa shape index (κ1) is 28.2. The molecule has 214 valence electrons. The fourth-order valence-electron chi connectivity index (χ4n) is 6.44. The standard InChI is InChI=1S/C34H44N2O4/c1-5-36(24(2)25-11-14-30(15-12-25)40-19-18-35-16-6-7-17-35)32-23-34(39-4)33(38-3)22-31(32)28-9-8-27-21-29(37)13-10-26(27)20-28/h10-15,21-24,28,37H,5-9,16-20H2,1-4H3/t24?,28-/m1/s1. The van der Waals surface area contributed by atoms with Crippen molar-refractivity contribution >= 4 is 5.69 Å². The molecule has 2 atom stereocenters. The van der Waals surface area contributed by atoms with Crippen LogP contribution in [0.4, 0.5) is 5.69 Å². The van der Waals surface area contributed by atoms with Crippen LogP contribution in [0.2, 0.25) is 0 Å². The second kappa shape index (κ2) is 12.9. The van der Waals surface area contributed by atoms with Crippen LogP contribution in [0.1, 0.15) is 67.3 Å². The summed E-state index contributed by atoms with van der Waals surface area (Å²) in [5, 5.41) is 9.97. The van der Waals surface area contributed by atoms with Gasteiger partial charge in [-0.25, -0.2) is 0 Å². The molecule has 0 bridgehead atoms. The van der Waals surface area contributed by atoms with Crippen LogP contribution in [0, 0.1) is 0 Å². The van der Waals surface area contributed by atoms with Crippen LogP contribution < -0.4 is 19.1 Å². The van der Waals surface area contributed by atoms with Crippen molar-refractivity contribution in [3.63, 3.8) is 0 Å². The van der Waals surface area contributed by atoms with Crippen molar-refractivity contribution in [3.8, 4) is 23.0 Å². The first-order chi connectivity index (χ1) is 19.5. The van der Waals surface area contributed by atoms with Crippen LogP contribution in [0.25, 0.3) is 0 Å². The van der Waals surface area contributed by atoms with E-state index in [-0.39, 0.29) is 6.04 Å². The predicted octanol–water partition coefficient (Wildman–Crippen LogP) is 6.74. The maximum atomic E-state index is 9.97. The zero-order valence-electron chi connectivity index (χ0n) is 24.5. The van der Waals surface area contributed by atoms with Crippen molar-refractivity contribution in [3.05, 3.63) is 76.9 Å². The average Bonchev–Trinajstić information content (AvgIpc) is 3.51. The minimum Gasteiger partial charge on any atom is -0.508 e. The van der Waals surface area contributed by atoms with Gasteiger partial charge in [-0.3, -0.25) is 4.90 Å². The summed E-state index contributed by atoms with van der Waals surface area (Å²) in [6.45, 7) is 9.46. The predicted molar refractivity (Wildman–Crippen MR) is 161 cm³/mol. The first-order valence-electron chi connectivity index (χ1n) is 14.8. The summed E-state index contributed by atoms with van der Waals surface area (Å²) in [6, 6.07) is 18.9. The molecule has 0 aromatic heterocycles. The smallest absolute Gasteiger partial charge is 0.162 e. The number of fused-ring (bicyclic) bond motifs is 1. The highest BCUT2D eigenvalue weighted by atomic mass is 16.5. The van der Waals surface area contributed by atoms with Gasteiger partial charge in [0.2, 0.25) is 0 Å². The number of anilines is 1. The topological polar surface area (TPSA) is 54.4 Å². The average molecular weight is 545 g/mol. The molecule has 3 aromatic rings. The number of phenolic OH excluding ortho intramolecular Hbond substituents is 1. The van der Waals surface area contributed by atoms with E-state index in [4.69, 9.17) is 14.2 Å². The minimum absolute atomic E-state index is 0.160. The fourth-order valence-corrected chi connectivity index (χ4v) is 6.44. The molecule has 0 radical (unpaired) electrons. The summed E-state index contributed by atoms with van der Waals surface area (Å²) in [5.41, 5.74) is 6.28. The summed E-state index contributed by atoms with van der Waals surface area (Å²) in [5.74, 6) is 3.13. The molecular weight excluding hydrogens is 500 g/mol. The number of hydrogen-bond acceptors (Lipinski definition) is 6. The van der Waals surface area contributed by atoms with Gasteiger partial charge in [0.05, 0.1) is 20.3 Å². The number of hydrogen-bond donors (Lipinski definition) is 1. The number of aryl methyl sites for hydroxylation is 1. The number of aromatic hydroxyl groups is 1. The lowest BCUT2D eigenvalue weighted by molar-refractivity contribution is 0.237. The largest absolute Gasteiger partial charge is 0.508 e. The van der Waals surface area contributed by atoms with Crippen molar-refractivity contribution in [1.29, 1.82) is 0 Å². The van der Waals surface area contributed by atoms with Gasteiger partial charge < -0.3 is 24.2 Å². The van der Waals surface area contributed by atoms with Gasteiger partial charge in [-0.05, 0) is 118 Å². The highest BCUT2D eigenvalue weighted by Gasteiger charge is 2.28. The molecule has 6 heteroatoms. The highest BCUT2D eigenvalue weighted by molar-refractivity contribution is 5.65. The number of nitrogens with zero attached hydrogens (tertiary/aromatic N) is 2. The molecule has 1 aliphatic carbocycles. The van der Waals surface area contributed by atoms with Gasteiger partial charge in [0.1, 0.15) is 18.1 Å². The molecule has 0 saturated carbocycles. The lowest BCUT2D eigenvalue weighted by atomic mass is 9.79. The monoisotopic (exact) mass is 544 g/mol. The van der Waals surface area contributed by atoms with Crippen molar-refractivity contribution < 1.29 is 19.3 Å². The third-order valence-electron chi connectivity index (χ3n) is 8.75. The molecule has 5 rings (SSSR count). The molecule has 6 nitrogen and oxygen atoms in total. The third kappa shape index (κ3) is 6.17. The Morgan fingerprint density at radius 3 is 2.38 bits per heavy atom. The van der Waals surface area contributed by atoms with Crippen LogP contribution in [-0.2, 0) is 12.8 Å². The highest BCUT2D eigenvalue weighted by Crippen LogP contribution is 2.45. The Morgan fingerprint density at radius 2 is 1.68 bits per heavy atom. The van der Waals surface area contributed by atoms with Crippen molar-refractivity contribution in [2.75, 3.05) is 51.9 Å². The third-order valence-corrected chi connectivity index (χ3v) is 8.75. The number of likely N-dealkylation sites (tertiary alicyclic amines) is 1. The van der Waals surface area contributed by atoms with Gasteiger partial charge in [-0.2, -0.15) is 0 Å². The number of benzene rings is 3. The molecule has 1 fully saturated rings. The second-order valence-corrected chi connectivity index (χ2v) is 11.1. The zero-order valence-corrected chi connectivity index (χ0v) is 24.5. The van der Waals surface area contributed by atoms with Crippen LogP contribution in [0.3, 0.4) is 0 Å². The van der Waals surface area contributed by atoms with Gasteiger partial charge in [0.15, 0.2) is 11.5 Å². The van der Waals surface area contributed by atoms with E-state index in [9.17, 15) is 5.11 Å².